The van der Waals surface area contributed by atoms with Gasteiger partial charge in [-0.3, -0.25) is 15.0 Å². The van der Waals surface area contributed by atoms with Crippen LogP contribution in [0, 0.1) is 11.8 Å². The van der Waals surface area contributed by atoms with Crippen molar-refractivity contribution >= 4 is 11.9 Å². The molecule has 3 amide bonds. The van der Waals surface area contributed by atoms with Crippen LogP contribution < -0.4 is 16.4 Å². The summed E-state index contributed by atoms with van der Waals surface area (Å²) in [6.45, 7) is 6.14. The lowest BCUT2D eigenvalue weighted by Crippen LogP contribution is -2.40. The van der Waals surface area contributed by atoms with Crippen molar-refractivity contribution in [2.24, 2.45) is 17.6 Å². The van der Waals surface area contributed by atoms with E-state index >= 15 is 0 Å². The minimum absolute atomic E-state index is 0.285. The highest BCUT2D eigenvalue weighted by molar-refractivity contribution is 5.93. The average molecular weight is 254 g/mol. The van der Waals surface area contributed by atoms with E-state index in [1.807, 2.05) is 0 Å². The maximum atomic E-state index is 11.4. The zero-order valence-corrected chi connectivity index (χ0v) is 10.8. The Morgan fingerprint density at radius 2 is 2.22 bits per heavy atom. The maximum Gasteiger partial charge on any atom is 0.318 e. The molecule has 0 aliphatic carbocycles. The van der Waals surface area contributed by atoms with E-state index in [9.17, 15) is 9.59 Å². The molecule has 2 aliphatic heterocycles. The third kappa shape index (κ3) is 2.81. The molecule has 2 heterocycles. The second kappa shape index (κ2) is 5.67. The van der Waals surface area contributed by atoms with Gasteiger partial charge in [-0.25, -0.2) is 4.79 Å². The number of nitrogens with zero attached hydrogens (tertiary/aromatic N) is 1. The van der Waals surface area contributed by atoms with E-state index < -0.39 is 6.03 Å². The lowest BCUT2D eigenvalue weighted by molar-refractivity contribution is -0.120. The third-order valence-electron chi connectivity index (χ3n) is 4.13. The molecule has 2 aliphatic rings. The lowest BCUT2D eigenvalue weighted by atomic mass is 9.93. The molecule has 6 heteroatoms. The van der Waals surface area contributed by atoms with Crippen molar-refractivity contribution in [3.05, 3.63) is 0 Å². The fourth-order valence-electron chi connectivity index (χ4n) is 3.37. The van der Waals surface area contributed by atoms with Crippen LogP contribution in [-0.4, -0.2) is 49.1 Å². The molecule has 0 saturated carbocycles. The number of likely N-dealkylation sites (tertiary alicyclic amines) is 1. The summed E-state index contributed by atoms with van der Waals surface area (Å²) >= 11 is 0. The van der Waals surface area contributed by atoms with E-state index in [-0.39, 0.29) is 5.91 Å². The summed E-state index contributed by atoms with van der Waals surface area (Å²) in [5.41, 5.74) is 4.91. The van der Waals surface area contributed by atoms with Gasteiger partial charge in [-0.2, -0.15) is 0 Å². The van der Waals surface area contributed by atoms with E-state index in [2.05, 4.69) is 22.5 Å². The Labute approximate surface area is 107 Å². The summed E-state index contributed by atoms with van der Waals surface area (Å²) in [6.07, 6.45) is 1.45. The van der Waals surface area contributed by atoms with E-state index in [0.29, 0.717) is 30.8 Å². The summed E-state index contributed by atoms with van der Waals surface area (Å²) in [5.74, 6) is 1.15. The number of hydrogen-bond donors (Lipinski definition) is 3. The van der Waals surface area contributed by atoms with Gasteiger partial charge in [0.2, 0.25) is 5.91 Å². The van der Waals surface area contributed by atoms with Crippen LogP contribution in [0.2, 0.25) is 0 Å². The van der Waals surface area contributed by atoms with Crippen LogP contribution >= 0.6 is 0 Å². The number of nitrogens with one attached hydrogen (secondary N) is 2. The van der Waals surface area contributed by atoms with Crippen molar-refractivity contribution in [2.45, 2.75) is 25.8 Å². The van der Waals surface area contributed by atoms with Gasteiger partial charge in [0.25, 0.3) is 0 Å². The second-order valence-corrected chi connectivity index (χ2v) is 5.22. The number of nitrogens with two attached hydrogens (primary N) is 1. The fraction of sp³-hybridized carbons (Fsp3) is 0.833. The molecule has 18 heavy (non-hydrogen) atoms. The smallest absolute Gasteiger partial charge is 0.318 e. The number of fused-ring (bicyclic) bond motifs is 1. The van der Waals surface area contributed by atoms with Crippen molar-refractivity contribution in [3.63, 3.8) is 0 Å². The van der Waals surface area contributed by atoms with Crippen LogP contribution in [0.5, 0.6) is 0 Å². The molecule has 3 atom stereocenters. The summed E-state index contributed by atoms with van der Waals surface area (Å²) in [5, 5.41) is 5.54. The molecule has 2 saturated heterocycles. The van der Waals surface area contributed by atoms with Crippen molar-refractivity contribution in [2.75, 3.05) is 26.2 Å². The van der Waals surface area contributed by atoms with Gasteiger partial charge in [-0.05, 0) is 31.3 Å². The zero-order chi connectivity index (χ0) is 13.1. The number of rotatable bonds is 4. The largest absolute Gasteiger partial charge is 0.351 e. The topological polar surface area (TPSA) is 87.5 Å². The molecule has 6 nitrogen and oxygen atoms in total. The first-order chi connectivity index (χ1) is 8.61. The van der Waals surface area contributed by atoms with Gasteiger partial charge in [0.1, 0.15) is 0 Å². The van der Waals surface area contributed by atoms with Crippen LogP contribution in [0.1, 0.15) is 19.8 Å². The van der Waals surface area contributed by atoms with E-state index in [1.165, 1.54) is 0 Å². The van der Waals surface area contributed by atoms with Crippen molar-refractivity contribution in [1.29, 1.82) is 0 Å². The van der Waals surface area contributed by atoms with Crippen LogP contribution in [0.15, 0.2) is 0 Å². The average Bonchev–Trinajstić information content (AvgIpc) is 2.84. The molecule has 0 bridgehead atoms. The molecule has 4 N–H and O–H groups in total. The highest BCUT2D eigenvalue weighted by Crippen LogP contribution is 2.34. The van der Waals surface area contributed by atoms with Gasteiger partial charge < -0.3 is 11.1 Å². The standard InChI is InChI=1S/C12H22N4O2/c1-2-10-9-6-14-5-8(9)7-16(10)4-3-11(17)15-12(13)18/h8-10,14H,2-7H2,1H3,(H3,13,15,17,18). The van der Waals surface area contributed by atoms with Gasteiger partial charge in [0.15, 0.2) is 0 Å². The summed E-state index contributed by atoms with van der Waals surface area (Å²) in [7, 11) is 0. The molecule has 102 valence electrons. The minimum Gasteiger partial charge on any atom is -0.351 e. The molecule has 2 rings (SSSR count). The molecule has 0 spiro atoms. The van der Waals surface area contributed by atoms with Crippen LogP contribution in [-0.2, 0) is 4.79 Å². The number of amides is 3. The Morgan fingerprint density at radius 3 is 2.89 bits per heavy atom. The Balaban J connectivity index is 1.82. The molecule has 0 aromatic heterocycles. The van der Waals surface area contributed by atoms with Gasteiger partial charge in [0, 0.05) is 25.6 Å². The van der Waals surface area contributed by atoms with Crippen LogP contribution in [0.3, 0.4) is 0 Å². The third-order valence-corrected chi connectivity index (χ3v) is 4.13. The van der Waals surface area contributed by atoms with Crippen molar-refractivity contribution in [3.8, 4) is 0 Å². The number of carbonyl (C=O) groups excluding carboxylic acids is 2. The molecule has 3 unspecified atom stereocenters. The van der Waals surface area contributed by atoms with E-state index in [1.54, 1.807) is 0 Å². The minimum atomic E-state index is -0.769. The Morgan fingerprint density at radius 1 is 1.44 bits per heavy atom. The van der Waals surface area contributed by atoms with E-state index in [4.69, 9.17) is 5.73 Å². The molecule has 0 aromatic rings. The second-order valence-electron chi connectivity index (χ2n) is 5.22. The van der Waals surface area contributed by atoms with Crippen LogP contribution in [0.4, 0.5) is 4.79 Å². The lowest BCUT2D eigenvalue weighted by Gasteiger charge is -2.26. The normalized spacial score (nSPS) is 31.3. The molecular formula is C12H22N4O2. The molecule has 2 fully saturated rings. The highest BCUT2D eigenvalue weighted by Gasteiger charge is 2.42. The maximum absolute atomic E-state index is 11.4. The Kier molecular flexibility index (Phi) is 4.19. The number of carbonyl (C=O) groups is 2. The first-order valence-electron chi connectivity index (χ1n) is 6.66. The summed E-state index contributed by atoms with van der Waals surface area (Å²) < 4.78 is 0. The molecule has 0 aromatic carbocycles. The predicted octanol–water partition coefficient (Wildman–Crippen LogP) is -0.499. The van der Waals surface area contributed by atoms with Gasteiger partial charge in [-0.1, -0.05) is 6.92 Å². The first kappa shape index (κ1) is 13.3. The van der Waals surface area contributed by atoms with Crippen LogP contribution in [0.25, 0.3) is 0 Å². The molecular weight excluding hydrogens is 232 g/mol. The van der Waals surface area contributed by atoms with Gasteiger partial charge in [-0.15, -0.1) is 0 Å². The first-order valence-corrected chi connectivity index (χ1v) is 6.66. The predicted molar refractivity (Wildman–Crippen MR) is 67.8 cm³/mol. The Hall–Kier alpha value is -1.14. The Bertz CT molecular complexity index is 334. The van der Waals surface area contributed by atoms with E-state index in [0.717, 1.165) is 26.1 Å². The highest BCUT2D eigenvalue weighted by atomic mass is 16.2. The zero-order valence-electron chi connectivity index (χ0n) is 10.8. The van der Waals surface area contributed by atoms with Gasteiger partial charge in [0.05, 0.1) is 0 Å². The van der Waals surface area contributed by atoms with Crippen molar-refractivity contribution < 1.29 is 9.59 Å². The number of urea groups is 1. The van der Waals surface area contributed by atoms with Crippen molar-refractivity contribution in [1.82, 2.24) is 15.5 Å². The summed E-state index contributed by atoms with van der Waals surface area (Å²) in [6, 6.07) is -0.207. The quantitative estimate of drug-likeness (QED) is 0.631. The summed E-state index contributed by atoms with van der Waals surface area (Å²) in [4.78, 5) is 24.3. The number of primary amides is 1. The molecule has 0 radical (unpaired) electrons. The number of hydrogen-bond acceptors (Lipinski definition) is 4. The fourth-order valence-corrected chi connectivity index (χ4v) is 3.37. The van der Waals surface area contributed by atoms with Gasteiger partial charge >= 0.3 is 6.03 Å². The number of imide groups is 1. The monoisotopic (exact) mass is 254 g/mol. The SMILES string of the molecule is CCC1C2CNCC2CN1CCC(=O)NC(N)=O.